The van der Waals surface area contributed by atoms with Crippen molar-refractivity contribution in [3.05, 3.63) is 100 Å². The highest BCUT2D eigenvalue weighted by Gasteiger charge is 2.33. The maximum absolute atomic E-state index is 13.5. The molecule has 2 heterocycles. The van der Waals surface area contributed by atoms with Crippen LogP contribution in [0.15, 0.2) is 82.7 Å². The zero-order valence-electron chi connectivity index (χ0n) is 18.4. The van der Waals surface area contributed by atoms with E-state index in [9.17, 15) is 26.4 Å². The Labute approximate surface area is 198 Å². The van der Waals surface area contributed by atoms with Gasteiger partial charge in [0, 0.05) is 41.9 Å². The molecule has 7 nitrogen and oxygen atoms in total. The van der Waals surface area contributed by atoms with Crippen molar-refractivity contribution in [2.45, 2.75) is 24.2 Å². The van der Waals surface area contributed by atoms with Gasteiger partial charge in [-0.25, -0.2) is 8.42 Å². The molecule has 0 fully saturated rings. The Morgan fingerprint density at radius 2 is 1.83 bits per heavy atom. The normalized spacial score (nSPS) is 12.3. The topological polar surface area (TPSA) is 92.4 Å². The summed E-state index contributed by atoms with van der Waals surface area (Å²) in [6, 6.07) is 13.3. The van der Waals surface area contributed by atoms with Gasteiger partial charge in [0.1, 0.15) is 5.75 Å². The lowest BCUT2D eigenvalue weighted by atomic mass is 10.1. The number of rotatable bonds is 7. The predicted molar refractivity (Wildman–Crippen MR) is 123 cm³/mol. The van der Waals surface area contributed by atoms with E-state index in [2.05, 4.69) is 9.97 Å². The summed E-state index contributed by atoms with van der Waals surface area (Å²) in [7, 11) is -2.94. The van der Waals surface area contributed by atoms with Crippen LogP contribution >= 0.6 is 0 Å². The number of nitrogens with zero attached hydrogens (tertiary/aromatic N) is 2. The molecule has 4 rings (SSSR count). The fourth-order valence-corrected chi connectivity index (χ4v) is 5.02. The Bertz CT molecular complexity index is 1520. The van der Waals surface area contributed by atoms with Gasteiger partial charge in [-0.2, -0.15) is 17.5 Å². The van der Waals surface area contributed by atoms with E-state index in [1.54, 1.807) is 30.3 Å². The van der Waals surface area contributed by atoms with Gasteiger partial charge in [0.25, 0.3) is 5.56 Å². The molecule has 0 aliphatic heterocycles. The summed E-state index contributed by atoms with van der Waals surface area (Å²) in [5.74, 6) is 0.541. The minimum absolute atomic E-state index is 0.116. The Balaban J connectivity index is 1.79. The summed E-state index contributed by atoms with van der Waals surface area (Å²) in [4.78, 5) is 18.9. The van der Waals surface area contributed by atoms with Crippen LogP contribution in [0.3, 0.4) is 0 Å². The third-order valence-corrected chi connectivity index (χ3v) is 7.14. The Hall–Kier alpha value is -3.70. The molecule has 0 radical (unpaired) electrons. The van der Waals surface area contributed by atoms with E-state index in [0.717, 1.165) is 22.5 Å². The number of nitrogens with one attached hydrogen (secondary N) is 1. The molecule has 1 N–H and O–H groups in total. The van der Waals surface area contributed by atoms with E-state index in [4.69, 9.17) is 4.74 Å². The average molecular weight is 504 g/mol. The second-order valence-corrected chi connectivity index (χ2v) is 9.67. The lowest BCUT2D eigenvalue weighted by Crippen LogP contribution is -2.32. The molecule has 0 bridgehead atoms. The van der Waals surface area contributed by atoms with E-state index >= 15 is 0 Å². The van der Waals surface area contributed by atoms with Crippen molar-refractivity contribution in [3.8, 4) is 5.75 Å². The Morgan fingerprint density at radius 3 is 2.51 bits per heavy atom. The SMILES string of the molecule is COc1ccc2[nH]c(=O)c(CN(Cc3cccnc3)S(=O)(=O)c3cccc(C(F)(F)F)c3)cc2c1. The third-order valence-electron chi connectivity index (χ3n) is 5.36. The first-order valence-electron chi connectivity index (χ1n) is 10.3. The predicted octanol–water partition coefficient (Wildman–Crippen LogP) is 4.34. The van der Waals surface area contributed by atoms with Gasteiger partial charge in [-0.15, -0.1) is 0 Å². The van der Waals surface area contributed by atoms with Crippen molar-refractivity contribution in [1.29, 1.82) is 0 Å². The van der Waals surface area contributed by atoms with Crippen LogP contribution in [0.5, 0.6) is 5.75 Å². The molecular weight excluding hydrogens is 483 g/mol. The zero-order valence-corrected chi connectivity index (χ0v) is 19.2. The molecule has 0 spiro atoms. The van der Waals surface area contributed by atoms with E-state index in [-0.39, 0.29) is 18.7 Å². The van der Waals surface area contributed by atoms with Gasteiger partial charge in [0.2, 0.25) is 10.0 Å². The molecule has 4 aromatic rings. The number of pyridine rings is 2. The van der Waals surface area contributed by atoms with Gasteiger partial charge < -0.3 is 9.72 Å². The van der Waals surface area contributed by atoms with E-state index in [1.807, 2.05) is 0 Å². The minimum Gasteiger partial charge on any atom is -0.497 e. The highest BCUT2D eigenvalue weighted by molar-refractivity contribution is 7.89. The summed E-state index contributed by atoms with van der Waals surface area (Å²) in [6.07, 6.45) is -1.75. The van der Waals surface area contributed by atoms with Crippen LogP contribution in [0.2, 0.25) is 0 Å². The number of sulfonamides is 1. The molecule has 0 aliphatic carbocycles. The van der Waals surface area contributed by atoms with E-state index in [1.165, 1.54) is 25.6 Å². The number of halogens is 3. The highest BCUT2D eigenvalue weighted by Crippen LogP contribution is 2.32. The smallest absolute Gasteiger partial charge is 0.416 e. The molecular formula is C24H20F3N3O4S. The van der Waals surface area contributed by atoms with Crippen molar-refractivity contribution < 1.29 is 26.3 Å². The minimum atomic E-state index is -4.71. The van der Waals surface area contributed by atoms with Crippen LogP contribution in [0.4, 0.5) is 13.2 Å². The fraction of sp³-hybridized carbons (Fsp3) is 0.167. The van der Waals surface area contributed by atoms with Gasteiger partial charge >= 0.3 is 6.18 Å². The van der Waals surface area contributed by atoms with Crippen LogP contribution in [0, 0.1) is 0 Å². The first-order valence-corrected chi connectivity index (χ1v) is 11.8. The number of ether oxygens (including phenoxy) is 1. The molecule has 0 aliphatic rings. The average Bonchev–Trinajstić information content (AvgIpc) is 2.84. The number of aromatic nitrogens is 2. The van der Waals surface area contributed by atoms with Crippen LogP contribution in [-0.4, -0.2) is 29.8 Å². The first-order chi connectivity index (χ1) is 16.6. The van der Waals surface area contributed by atoms with Gasteiger partial charge in [-0.3, -0.25) is 9.78 Å². The number of hydrogen-bond acceptors (Lipinski definition) is 5. The second-order valence-electron chi connectivity index (χ2n) is 7.74. The van der Waals surface area contributed by atoms with Gasteiger partial charge in [0.15, 0.2) is 0 Å². The van der Waals surface area contributed by atoms with Crippen LogP contribution in [0.25, 0.3) is 10.9 Å². The number of aromatic amines is 1. The van der Waals surface area contributed by atoms with E-state index in [0.29, 0.717) is 28.3 Å². The van der Waals surface area contributed by atoms with Crippen molar-refractivity contribution >= 4 is 20.9 Å². The first kappa shape index (κ1) is 24.4. The van der Waals surface area contributed by atoms with Crippen LogP contribution in [-0.2, 0) is 29.3 Å². The number of H-pyrrole nitrogens is 1. The summed E-state index contributed by atoms with van der Waals surface area (Å²) >= 11 is 0. The summed E-state index contributed by atoms with van der Waals surface area (Å²) in [5.41, 5.74) is -0.458. The number of fused-ring (bicyclic) bond motifs is 1. The lowest BCUT2D eigenvalue weighted by Gasteiger charge is -2.23. The Morgan fingerprint density at radius 1 is 1.03 bits per heavy atom. The van der Waals surface area contributed by atoms with E-state index < -0.39 is 32.2 Å². The summed E-state index contributed by atoms with van der Waals surface area (Å²) < 4.78 is 72.9. The monoisotopic (exact) mass is 503 g/mol. The van der Waals surface area contributed by atoms with Crippen LogP contribution < -0.4 is 10.3 Å². The molecule has 182 valence electrons. The van der Waals surface area contributed by atoms with Crippen molar-refractivity contribution in [2.24, 2.45) is 0 Å². The van der Waals surface area contributed by atoms with Gasteiger partial charge in [0.05, 0.1) is 17.6 Å². The molecule has 2 aromatic heterocycles. The molecule has 0 saturated heterocycles. The number of alkyl halides is 3. The number of benzene rings is 2. The zero-order chi connectivity index (χ0) is 25.2. The molecule has 0 atom stereocenters. The van der Waals surface area contributed by atoms with Gasteiger partial charge in [-0.05, 0) is 54.1 Å². The molecule has 35 heavy (non-hydrogen) atoms. The van der Waals surface area contributed by atoms with Gasteiger partial charge in [-0.1, -0.05) is 12.1 Å². The second kappa shape index (κ2) is 9.51. The molecule has 0 amide bonds. The summed E-state index contributed by atoms with van der Waals surface area (Å²) in [6.45, 7) is -0.585. The summed E-state index contributed by atoms with van der Waals surface area (Å²) in [5, 5.41) is 0.608. The largest absolute Gasteiger partial charge is 0.497 e. The molecule has 0 saturated carbocycles. The van der Waals surface area contributed by atoms with Crippen molar-refractivity contribution in [1.82, 2.24) is 14.3 Å². The fourth-order valence-electron chi connectivity index (χ4n) is 3.57. The highest BCUT2D eigenvalue weighted by atomic mass is 32.2. The standard InChI is InChI=1S/C24H20F3N3O4S/c1-34-20-7-8-22-17(11-20)10-18(23(31)29-22)15-30(14-16-4-3-9-28-13-16)35(32,33)21-6-2-5-19(12-21)24(25,26)27/h2-13H,14-15H2,1H3,(H,29,31). The quantitative estimate of drug-likeness (QED) is 0.405. The maximum atomic E-state index is 13.5. The van der Waals surface area contributed by atoms with Crippen molar-refractivity contribution in [3.63, 3.8) is 0 Å². The third kappa shape index (κ3) is 5.36. The lowest BCUT2D eigenvalue weighted by molar-refractivity contribution is -0.137. The number of hydrogen-bond donors (Lipinski definition) is 1. The molecule has 11 heteroatoms. The Kier molecular flexibility index (Phi) is 6.64. The maximum Gasteiger partial charge on any atom is 0.416 e. The van der Waals surface area contributed by atoms with Crippen LogP contribution in [0.1, 0.15) is 16.7 Å². The molecule has 0 unspecified atom stereocenters. The molecule has 2 aromatic carbocycles. The van der Waals surface area contributed by atoms with Crippen molar-refractivity contribution in [2.75, 3.05) is 7.11 Å². The number of methoxy groups -OCH3 is 1.